The number of aryl methyl sites for hydroxylation is 3. The number of esters is 1. The molecule has 1 saturated heterocycles. The molecule has 0 aromatic carbocycles. The van der Waals surface area contributed by atoms with Gasteiger partial charge in [-0.15, -0.1) is 11.8 Å². The molecule has 6 rings (SSSR count). The smallest absolute Gasteiger partial charge is 0.340 e. The summed E-state index contributed by atoms with van der Waals surface area (Å²) < 4.78 is 17.5. The first-order chi connectivity index (χ1) is 24.9. The van der Waals surface area contributed by atoms with Crippen LogP contribution in [-0.2, 0) is 31.8 Å². The highest BCUT2D eigenvalue weighted by molar-refractivity contribution is 7.99. The molecule has 0 spiro atoms. The van der Waals surface area contributed by atoms with Crippen LogP contribution in [0.4, 0.5) is 0 Å². The van der Waals surface area contributed by atoms with Crippen molar-refractivity contribution in [2.75, 3.05) is 26.1 Å². The number of methoxy groups -OCH3 is 1. The Morgan fingerprint density at radius 3 is 2.48 bits per heavy atom. The number of ether oxygens (including phenoxy) is 3. The zero-order valence-corrected chi connectivity index (χ0v) is 32.2. The van der Waals surface area contributed by atoms with E-state index >= 15 is 0 Å². The predicted octanol–water partition coefficient (Wildman–Crippen LogP) is 6.28. The number of carbonyl (C=O) groups is 1. The van der Waals surface area contributed by atoms with Crippen molar-refractivity contribution in [2.24, 2.45) is 0 Å². The molecule has 0 aliphatic carbocycles. The van der Waals surface area contributed by atoms with Crippen LogP contribution in [0.15, 0.2) is 18.2 Å². The molecule has 8 bridgehead atoms. The highest BCUT2D eigenvalue weighted by Gasteiger charge is 2.36. The number of aliphatic hydroxyl groups excluding tert-OH is 3. The summed E-state index contributed by atoms with van der Waals surface area (Å²) >= 11 is 1.56. The van der Waals surface area contributed by atoms with Crippen LogP contribution in [0.3, 0.4) is 0 Å². The van der Waals surface area contributed by atoms with E-state index in [1.54, 1.807) is 11.8 Å². The molecule has 3 aliphatic heterocycles. The molecular weight excluding hydrogens is 681 g/mol. The van der Waals surface area contributed by atoms with E-state index in [-0.39, 0.29) is 24.1 Å². The average Bonchev–Trinajstić information content (AvgIpc) is 3.83. The molecule has 52 heavy (non-hydrogen) atoms. The summed E-state index contributed by atoms with van der Waals surface area (Å²) in [4.78, 5) is 30.6. The molecule has 11 nitrogen and oxygen atoms in total. The number of nitrogens with zero attached hydrogens (tertiary/aromatic N) is 2. The Hall–Kier alpha value is -3.52. The Bertz CT molecular complexity index is 2040. The number of H-pyrrole nitrogens is 2. The second kappa shape index (κ2) is 15.8. The molecule has 0 amide bonds. The predicted molar refractivity (Wildman–Crippen MR) is 205 cm³/mol. The second-order valence-electron chi connectivity index (χ2n) is 14.2. The summed E-state index contributed by atoms with van der Waals surface area (Å²) in [6.07, 6.45) is -0.342. The van der Waals surface area contributed by atoms with Crippen LogP contribution in [0.2, 0.25) is 0 Å². The van der Waals surface area contributed by atoms with E-state index in [4.69, 9.17) is 24.2 Å². The van der Waals surface area contributed by atoms with E-state index < -0.39 is 24.3 Å². The van der Waals surface area contributed by atoms with E-state index in [1.165, 1.54) is 12.7 Å². The standard InChI is InChI=1S/C40H52N4O7S/c1-9-25-20(3)28-16-32-36(24(7)50-11-10-12-52-35-17-33(46)39(47)34(18-45)51-35)21(4)29(43-32)14-26-19(2)13-27(41-26)23(6)38-37(40(48)49-8)22(5)30(44-38)15-31(25)42-28/h14-16,19,24,33-35,39,42-43,45-47H,9-13,17-18H2,1-8H3/t19?,24?,33?,34?,35?,39-/m0/s1. The highest BCUT2D eigenvalue weighted by Crippen LogP contribution is 2.37. The number of aromatic amines is 2. The zero-order chi connectivity index (χ0) is 37.4. The minimum absolute atomic E-state index is 0.166. The van der Waals surface area contributed by atoms with E-state index in [1.807, 2.05) is 19.9 Å². The van der Waals surface area contributed by atoms with Crippen molar-refractivity contribution in [3.05, 3.63) is 68.8 Å². The third-order valence-corrected chi connectivity index (χ3v) is 12.0. The maximum absolute atomic E-state index is 13.1. The summed E-state index contributed by atoms with van der Waals surface area (Å²) in [5.41, 5.74) is 13.4. The molecule has 3 aliphatic rings. The lowest BCUT2D eigenvalue weighted by molar-refractivity contribution is -0.157. The van der Waals surface area contributed by atoms with Crippen LogP contribution in [0.5, 0.6) is 0 Å². The molecule has 3 aromatic heterocycles. The number of carbonyl (C=O) groups excluding carboxylic acids is 1. The molecule has 3 aromatic rings. The van der Waals surface area contributed by atoms with Crippen molar-refractivity contribution in [3.63, 3.8) is 0 Å². The molecule has 5 unspecified atom stereocenters. The van der Waals surface area contributed by atoms with Gasteiger partial charge in [-0.2, -0.15) is 0 Å². The van der Waals surface area contributed by atoms with Crippen LogP contribution in [0.25, 0.3) is 33.2 Å². The SMILES string of the molecule is CCc1c(C)c2cc3[nH]c(cc4nc(c(C)c5nc(cc1[nH]2)C(C)=C5C(=O)OC)CC4C)c(C)c3C(C)OCCCSC1CC(O)[C@H](O)C(CO)O1. The summed E-state index contributed by atoms with van der Waals surface area (Å²) in [5.74, 6) is 0.508. The summed E-state index contributed by atoms with van der Waals surface area (Å²) in [5, 5.41) is 29.7. The monoisotopic (exact) mass is 732 g/mol. The number of nitrogens with one attached hydrogen (secondary N) is 2. The van der Waals surface area contributed by atoms with Gasteiger partial charge in [-0.3, -0.25) is 4.98 Å². The van der Waals surface area contributed by atoms with Gasteiger partial charge in [0.2, 0.25) is 0 Å². The Morgan fingerprint density at radius 2 is 1.77 bits per heavy atom. The summed E-state index contributed by atoms with van der Waals surface area (Å²) in [6, 6.07) is 6.34. The van der Waals surface area contributed by atoms with Crippen molar-refractivity contribution in [3.8, 4) is 0 Å². The van der Waals surface area contributed by atoms with Crippen LogP contribution < -0.4 is 0 Å². The maximum Gasteiger partial charge on any atom is 0.340 e. The molecule has 12 heteroatoms. The number of fused-ring (bicyclic) bond motifs is 8. The Labute approximate surface area is 309 Å². The van der Waals surface area contributed by atoms with Crippen molar-refractivity contribution >= 4 is 50.9 Å². The first-order valence-corrected chi connectivity index (χ1v) is 19.3. The van der Waals surface area contributed by atoms with Gasteiger partial charge >= 0.3 is 5.97 Å². The van der Waals surface area contributed by atoms with E-state index in [2.05, 4.69) is 56.7 Å². The van der Waals surface area contributed by atoms with Crippen molar-refractivity contribution in [1.82, 2.24) is 19.9 Å². The molecule has 6 atom stereocenters. The normalized spacial score (nSPS) is 22.6. The molecular formula is C40H52N4O7S. The lowest BCUT2D eigenvalue weighted by atomic mass is 9.99. The maximum atomic E-state index is 13.1. The van der Waals surface area contributed by atoms with Crippen LogP contribution in [0.1, 0.15) is 103 Å². The van der Waals surface area contributed by atoms with Gasteiger partial charge in [0.1, 0.15) is 17.6 Å². The second-order valence-corrected chi connectivity index (χ2v) is 15.5. The molecule has 280 valence electrons. The van der Waals surface area contributed by atoms with Crippen LogP contribution >= 0.6 is 11.8 Å². The topological polar surface area (TPSA) is 163 Å². The van der Waals surface area contributed by atoms with Gasteiger partial charge in [0.05, 0.1) is 42.9 Å². The first kappa shape index (κ1) is 38.2. The Kier molecular flexibility index (Phi) is 11.6. The number of allylic oxidation sites excluding steroid dienone is 1. The fourth-order valence-electron chi connectivity index (χ4n) is 7.64. The minimum atomic E-state index is -1.07. The lowest BCUT2D eigenvalue weighted by Crippen LogP contribution is -2.49. The molecule has 5 N–H and O–H groups in total. The van der Waals surface area contributed by atoms with Crippen molar-refractivity contribution < 1.29 is 34.3 Å². The number of aliphatic hydroxyl groups is 3. The van der Waals surface area contributed by atoms with Gasteiger partial charge in [-0.05, 0) is 106 Å². The largest absolute Gasteiger partial charge is 0.465 e. The number of aromatic nitrogens is 4. The molecule has 0 saturated carbocycles. The van der Waals surface area contributed by atoms with Gasteiger partial charge < -0.3 is 39.5 Å². The lowest BCUT2D eigenvalue weighted by Gasteiger charge is -2.36. The number of rotatable bonds is 10. The Morgan fingerprint density at radius 1 is 1.04 bits per heavy atom. The fraction of sp³-hybridized carbons (Fsp3) is 0.525. The fourth-order valence-corrected chi connectivity index (χ4v) is 8.74. The third kappa shape index (κ3) is 7.34. The minimum Gasteiger partial charge on any atom is -0.465 e. The van der Waals surface area contributed by atoms with Gasteiger partial charge in [0.15, 0.2) is 0 Å². The first-order valence-electron chi connectivity index (χ1n) is 18.2. The quantitative estimate of drug-likeness (QED) is 0.118. The van der Waals surface area contributed by atoms with Gasteiger partial charge in [0.25, 0.3) is 0 Å². The third-order valence-electron chi connectivity index (χ3n) is 10.8. The number of hydrogen-bond donors (Lipinski definition) is 5. The van der Waals surface area contributed by atoms with Crippen LogP contribution in [-0.4, -0.2) is 91.0 Å². The molecule has 1 fully saturated rings. The van der Waals surface area contributed by atoms with Gasteiger partial charge in [-0.1, -0.05) is 13.8 Å². The average molecular weight is 733 g/mol. The zero-order valence-electron chi connectivity index (χ0n) is 31.4. The summed E-state index contributed by atoms with van der Waals surface area (Å²) in [6.45, 7) is 14.8. The van der Waals surface area contributed by atoms with Gasteiger partial charge in [0, 0.05) is 58.0 Å². The summed E-state index contributed by atoms with van der Waals surface area (Å²) in [7, 11) is 1.41. The van der Waals surface area contributed by atoms with E-state index in [9.17, 15) is 20.1 Å². The van der Waals surface area contributed by atoms with Gasteiger partial charge in [-0.25, -0.2) is 9.78 Å². The number of hydrogen-bond acceptors (Lipinski definition) is 10. The van der Waals surface area contributed by atoms with Crippen molar-refractivity contribution in [2.45, 2.75) is 110 Å². The molecule has 0 radical (unpaired) electrons. The van der Waals surface area contributed by atoms with E-state index in [0.29, 0.717) is 24.3 Å². The number of thioether (sulfide) groups is 1. The highest BCUT2D eigenvalue weighted by atomic mass is 32.2. The van der Waals surface area contributed by atoms with E-state index in [0.717, 1.165) is 92.0 Å². The van der Waals surface area contributed by atoms with Crippen LogP contribution in [0, 0.1) is 20.8 Å². The molecule has 6 heterocycles. The Balaban J connectivity index is 1.40. The van der Waals surface area contributed by atoms with Crippen molar-refractivity contribution in [1.29, 1.82) is 0 Å².